The lowest BCUT2D eigenvalue weighted by molar-refractivity contribution is -0.384. The maximum Gasteiger partial charge on any atom is 0.289 e. The number of nitrogens with zero attached hydrogens (tertiary/aromatic N) is 3. The Morgan fingerprint density at radius 3 is 2.74 bits per heavy atom. The zero-order valence-electron chi connectivity index (χ0n) is 14.2. The molecule has 1 heterocycles. The SMILES string of the molecule is C/C(=N\NC(=O)c1cc(-c2cccc([N+](=O)[O-])c2)n[nH]1)c1ccccc1O. The third kappa shape index (κ3) is 3.98. The number of aromatic hydroxyl groups is 1. The van der Waals surface area contributed by atoms with Crippen molar-refractivity contribution in [3.05, 3.63) is 76.0 Å². The Morgan fingerprint density at radius 2 is 2.00 bits per heavy atom. The molecule has 2 aromatic carbocycles. The number of carbonyl (C=O) groups excluding carboxylic acids is 1. The van der Waals surface area contributed by atoms with Crippen molar-refractivity contribution in [1.29, 1.82) is 0 Å². The summed E-state index contributed by atoms with van der Waals surface area (Å²) in [6, 6.07) is 14.1. The van der Waals surface area contributed by atoms with Crippen molar-refractivity contribution in [2.75, 3.05) is 0 Å². The van der Waals surface area contributed by atoms with Gasteiger partial charge in [-0.15, -0.1) is 0 Å². The normalized spacial score (nSPS) is 11.2. The van der Waals surface area contributed by atoms with Gasteiger partial charge in [-0.3, -0.25) is 20.0 Å². The zero-order valence-corrected chi connectivity index (χ0v) is 14.2. The van der Waals surface area contributed by atoms with Gasteiger partial charge in [0, 0.05) is 23.3 Å². The predicted molar refractivity (Wildman–Crippen MR) is 98.5 cm³/mol. The lowest BCUT2D eigenvalue weighted by Crippen LogP contribution is -2.19. The van der Waals surface area contributed by atoms with Gasteiger partial charge in [0.05, 0.1) is 16.3 Å². The molecule has 0 fully saturated rings. The van der Waals surface area contributed by atoms with E-state index in [1.54, 1.807) is 37.3 Å². The topological polar surface area (TPSA) is 134 Å². The molecule has 0 saturated carbocycles. The number of aromatic amines is 1. The maximum absolute atomic E-state index is 12.2. The summed E-state index contributed by atoms with van der Waals surface area (Å²) in [5, 5.41) is 31.2. The molecule has 1 aromatic heterocycles. The molecule has 0 atom stereocenters. The molecule has 136 valence electrons. The first-order chi connectivity index (χ1) is 13.0. The number of phenolic OH excluding ortho intramolecular Hbond substituents is 1. The van der Waals surface area contributed by atoms with E-state index < -0.39 is 10.8 Å². The Balaban J connectivity index is 1.76. The summed E-state index contributed by atoms with van der Waals surface area (Å²) < 4.78 is 0. The Bertz CT molecular complexity index is 1040. The fraction of sp³-hybridized carbons (Fsp3) is 0.0556. The lowest BCUT2D eigenvalue weighted by Gasteiger charge is -2.03. The van der Waals surface area contributed by atoms with Gasteiger partial charge >= 0.3 is 0 Å². The molecule has 0 saturated heterocycles. The van der Waals surface area contributed by atoms with Crippen molar-refractivity contribution in [1.82, 2.24) is 15.6 Å². The monoisotopic (exact) mass is 365 g/mol. The van der Waals surface area contributed by atoms with Crippen molar-refractivity contribution in [3.63, 3.8) is 0 Å². The van der Waals surface area contributed by atoms with Gasteiger partial charge in [0.2, 0.25) is 0 Å². The molecule has 9 nitrogen and oxygen atoms in total. The molecule has 0 aliphatic heterocycles. The number of H-pyrrole nitrogens is 1. The van der Waals surface area contributed by atoms with Crippen LogP contribution in [0.15, 0.2) is 59.7 Å². The van der Waals surface area contributed by atoms with Gasteiger partial charge in [0.25, 0.3) is 11.6 Å². The van der Waals surface area contributed by atoms with Gasteiger partial charge in [0.1, 0.15) is 11.4 Å². The summed E-state index contributed by atoms with van der Waals surface area (Å²) in [6.07, 6.45) is 0. The van der Waals surface area contributed by atoms with Crippen LogP contribution >= 0.6 is 0 Å². The highest BCUT2D eigenvalue weighted by Crippen LogP contribution is 2.22. The smallest absolute Gasteiger partial charge is 0.289 e. The molecule has 3 aromatic rings. The molecule has 0 bridgehead atoms. The number of hydrazone groups is 1. The second-order valence-electron chi connectivity index (χ2n) is 5.63. The van der Waals surface area contributed by atoms with E-state index >= 15 is 0 Å². The van der Waals surface area contributed by atoms with Crippen LogP contribution in [0.25, 0.3) is 11.3 Å². The molecule has 27 heavy (non-hydrogen) atoms. The van der Waals surface area contributed by atoms with Crippen LogP contribution in [-0.4, -0.2) is 31.8 Å². The minimum Gasteiger partial charge on any atom is -0.507 e. The molecule has 3 rings (SSSR count). The summed E-state index contributed by atoms with van der Waals surface area (Å²) in [5.41, 5.74) is 4.29. The first-order valence-corrected chi connectivity index (χ1v) is 7.89. The molecule has 0 spiro atoms. The average molecular weight is 365 g/mol. The van der Waals surface area contributed by atoms with E-state index in [2.05, 4.69) is 20.7 Å². The largest absolute Gasteiger partial charge is 0.507 e. The van der Waals surface area contributed by atoms with E-state index in [0.717, 1.165) is 0 Å². The third-order valence-electron chi connectivity index (χ3n) is 3.79. The van der Waals surface area contributed by atoms with Crippen molar-refractivity contribution >= 4 is 17.3 Å². The quantitative estimate of drug-likeness (QED) is 0.363. The fourth-order valence-corrected chi connectivity index (χ4v) is 2.40. The van der Waals surface area contributed by atoms with Crippen molar-refractivity contribution < 1.29 is 14.8 Å². The number of non-ortho nitro benzene ring substituents is 1. The molecule has 0 radical (unpaired) electrons. The second kappa shape index (κ2) is 7.48. The zero-order chi connectivity index (χ0) is 19.4. The maximum atomic E-state index is 12.2. The van der Waals surface area contributed by atoms with Gasteiger partial charge in [-0.2, -0.15) is 10.2 Å². The number of carbonyl (C=O) groups is 1. The van der Waals surface area contributed by atoms with E-state index in [-0.39, 0.29) is 17.1 Å². The number of aromatic nitrogens is 2. The Labute approximate surface area is 153 Å². The number of para-hydroxylation sites is 1. The van der Waals surface area contributed by atoms with Gasteiger partial charge < -0.3 is 5.11 Å². The number of phenols is 1. The highest BCUT2D eigenvalue weighted by Gasteiger charge is 2.13. The number of nitrogens with one attached hydrogen (secondary N) is 2. The predicted octanol–water partition coefficient (Wildman–Crippen LogP) is 2.84. The van der Waals surface area contributed by atoms with Crippen molar-refractivity contribution in [2.45, 2.75) is 6.92 Å². The molecule has 1 amide bonds. The summed E-state index contributed by atoms with van der Waals surface area (Å²) in [4.78, 5) is 22.6. The standard InChI is InChI=1S/C18H15N5O4/c1-11(14-7-2-3-8-17(14)24)19-22-18(25)16-10-15(20-21-16)12-5-4-6-13(9-12)23(26)27/h2-10,24H,1H3,(H,20,21)(H,22,25)/b19-11+. The summed E-state index contributed by atoms with van der Waals surface area (Å²) >= 11 is 0. The number of amides is 1. The van der Waals surface area contributed by atoms with Crippen LogP contribution in [0, 0.1) is 10.1 Å². The van der Waals surface area contributed by atoms with Crippen molar-refractivity contribution in [2.24, 2.45) is 5.10 Å². The van der Waals surface area contributed by atoms with E-state index in [9.17, 15) is 20.0 Å². The number of hydrogen-bond acceptors (Lipinski definition) is 6. The van der Waals surface area contributed by atoms with Crippen LogP contribution in [0.4, 0.5) is 5.69 Å². The third-order valence-corrected chi connectivity index (χ3v) is 3.79. The fourth-order valence-electron chi connectivity index (χ4n) is 2.40. The van der Waals surface area contributed by atoms with Crippen LogP contribution < -0.4 is 5.43 Å². The summed E-state index contributed by atoms with van der Waals surface area (Å²) in [7, 11) is 0. The molecular weight excluding hydrogens is 350 g/mol. The molecule has 0 unspecified atom stereocenters. The minimum absolute atomic E-state index is 0.0579. The highest BCUT2D eigenvalue weighted by molar-refractivity contribution is 6.02. The van der Waals surface area contributed by atoms with Crippen LogP contribution in [0.1, 0.15) is 23.0 Å². The second-order valence-corrected chi connectivity index (χ2v) is 5.63. The molecular formula is C18H15N5O4. The Morgan fingerprint density at radius 1 is 1.22 bits per heavy atom. The number of hydrogen-bond donors (Lipinski definition) is 3. The number of benzene rings is 2. The van der Waals surface area contributed by atoms with Gasteiger partial charge in [0.15, 0.2) is 0 Å². The van der Waals surface area contributed by atoms with E-state index in [1.807, 2.05) is 0 Å². The van der Waals surface area contributed by atoms with Crippen LogP contribution in [-0.2, 0) is 0 Å². The molecule has 3 N–H and O–H groups in total. The number of nitro groups is 1. The van der Waals surface area contributed by atoms with Crippen LogP contribution in [0.2, 0.25) is 0 Å². The van der Waals surface area contributed by atoms with Crippen molar-refractivity contribution in [3.8, 4) is 17.0 Å². The minimum atomic E-state index is -0.533. The van der Waals surface area contributed by atoms with Crippen LogP contribution in [0.3, 0.4) is 0 Å². The Hall–Kier alpha value is -4.01. The van der Waals surface area contributed by atoms with Gasteiger partial charge in [-0.1, -0.05) is 24.3 Å². The molecule has 9 heteroatoms. The highest BCUT2D eigenvalue weighted by atomic mass is 16.6. The molecule has 0 aliphatic rings. The number of rotatable bonds is 5. The van der Waals surface area contributed by atoms with Crippen LogP contribution in [0.5, 0.6) is 5.75 Å². The number of nitro benzene ring substituents is 1. The lowest BCUT2D eigenvalue weighted by atomic mass is 10.1. The van der Waals surface area contributed by atoms with E-state index in [4.69, 9.17) is 0 Å². The van der Waals surface area contributed by atoms with Gasteiger partial charge in [-0.05, 0) is 25.1 Å². The first-order valence-electron chi connectivity index (χ1n) is 7.89. The molecule has 0 aliphatic carbocycles. The average Bonchev–Trinajstić information content (AvgIpc) is 3.16. The Kier molecular flexibility index (Phi) is 4.93. The van der Waals surface area contributed by atoms with E-state index in [0.29, 0.717) is 22.5 Å². The summed E-state index contributed by atoms with van der Waals surface area (Å²) in [5.74, 6) is -0.476. The van der Waals surface area contributed by atoms with E-state index in [1.165, 1.54) is 24.3 Å². The summed E-state index contributed by atoms with van der Waals surface area (Å²) in [6.45, 7) is 1.65. The van der Waals surface area contributed by atoms with Gasteiger partial charge in [-0.25, -0.2) is 5.43 Å². The first kappa shape index (κ1) is 17.8.